The number of carbonyl (C=O) groups excluding carboxylic acids is 1. The van der Waals surface area contributed by atoms with Crippen LogP contribution in [0.2, 0.25) is 18.1 Å². The van der Waals surface area contributed by atoms with Gasteiger partial charge in [0, 0.05) is 31.1 Å². The molecule has 42 heavy (non-hydrogen) atoms. The van der Waals surface area contributed by atoms with Gasteiger partial charge in [0.2, 0.25) is 14.2 Å². The number of imidazole rings is 1. The number of unbranched alkanes of at least 4 members (excludes halogenated alkanes) is 1. The number of anilines is 1. The molecule has 0 saturated carbocycles. The van der Waals surface area contributed by atoms with Crippen LogP contribution in [0.25, 0.3) is 11.2 Å². The summed E-state index contributed by atoms with van der Waals surface area (Å²) in [4.78, 5) is 46.8. The summed E-state index contributed by atoms with van der Waals surface area (Å²) in [6.45, 7) is 15.0. The first-order valence-corrected chi connectivity index (χ1v) is 17.1. The fraction of sp³-hybridized carbons (Fsp3) is 0.419. The third-order valence-electron chi connectivity index (χ3n) is 7.76. The van der Waals surface area contributed by atoms with Gasteiger partial charge >= 0.3 is 35.2 Å². The van der Waals surface area contributed by atoms with Gasteiger partial charge in [-0.1, -0.05) is 64.4 Å². The number of nitrogens with zero attached hydrogens (tertiary/aromatic N) is 3. The second-order valence-corrected chi connectivity index (χ2v) is 16.8. The molecule has 220 valence electrons. The molecule has 1 amide bonds. The molecule has 9 nitrogen and oxygen atoms in total. The molecule has 0 saturated heterocycles. The van der Waals surface area contributed by atoms with Crippen molar-refractivity contribution >= 4 is 60.6 Å². The summed E-state index contributed by atoms with van der Waals surface area (Å²) in [7, 11) is -2.15. The van der Waals surface area contributed by atoms with E-state index in [0.29, 0.717) is 41.4 Å². The Kier molecular flexibility index (Phi) is 10.9. The fourth-order valence-corrected chi connectivity index (χ4v) is 5.45. The average molecular weight is 600 g/mol. The first-order chi connectivity index (χ1) is 19.3. The summed E-state index contributed by atoms with van der Waals surface area (Å²) in [6.07, 6.45) is 2.12. The van der Waals surface area contributed by atoms with Crippen molar-refractivity contribution in [2.45, 2.75) is 85.1 Å². The number of aryl methyl sites for hydroxylation is 1. The van der Waals surface area contributed by atoms with Gasteiger partial charge in [-0.15, -0.1) is 0 Å². The van der Waals surface area contributed by atoms with Gasteiger partial charge < -0.3 is 14.7 Å². The molecule has 0 aliphatic rings. The molecule has 0 atom stereocenters. The number of amides is 1. The molecule has 2 N–H and O–H groups in total. The average Bonchev–Trinajstić information content (AvgIpc) is 3.31. The number of aromatic nitrogens is 4. The van der Waals surface area contributed by atoms with Gasteiger partial charge in [0.15, 0.2) is 5.65 Å². The standard InChI is InChI=1S/C31H41N5O4Si.Na.H/c1-8-9-18-35-28-27(33-26(34-28)19-22-14-16-24(17-15-22)32-21(2)37)29(38)36(30(35)39)20-23-12-10-11-13-25(23)40-41(6,7)31(3,4)5;;/h10-17H,8-9,18-20H2,1-7H3,(H,32,37)(H,33,34);;. The molecule has 0 fully saturated rings. The summed E-state index contributed by atoms with van der Waals surface area (Å²) < 4.78 is 9.50. The first kappa shape index (κ1) is 33.6. The summed E-state index contributed by atoms with van der Waals surface area (Å²) >= 11 is 0. The molecule has 11 heteroatoms. The molecule has 2 aromatic heterocycles. The van der Waals surface area contributed by atoms with Gasteiger partial charge in [0.05, 0.1) is 6.54 Å². The molecule has 4 rings (SSSR count). The Morgan fingerprint density at radius 3 is 2.33 bits per heavy atom. The fourth-order valence-electron chi connectivity index (χ4n) is 4.39. The van der Waals surface area contributed by atoms with E-state index in [-0.39, 0.29) is 52.7 Å². The van der Waals surface area contributed by atoms with Crippen molar-refractivity contribution in [1.82, 2.24) is 19.1 Å². The van der Waals surface area contributed by atoms with E-state index in [0.717, 1.165) is 24.0 Å². The number of hydrogen-bond donors (Lipinski definition) is 2. The van der Waals surface area contributed by atoms with Crippen molar-refractivity contribution in [3.8, 4) is 5.75 Å². The second kappa shape index (κ2) is 13.6. The zero-order valence-electron chi connectivity index (χ0n) is 25.1. The van der Waals surface area contributed by atoms with Crippen molar-refractivity contribution in [3.05, 3.63) is 86.3 Å². The minimum absolute atomic E-state index is 0. The molecule has 0 radical (unpaired) electrons. The van der Waals surface area contributed by atoms with Crippen LogP contribution in [-0.4, -0.2) is 62.9 Å². The molecule has 2 heterocycles. The molecule has 0 spiro atoms. The summed E-state index contributed by atoms with van der Waals surface area (Å²) in [5.74, 6) is 1.16. The van der Waals surface area contributed by atoms with E-state index in [9.17, 15) is 14.4 Å². The van der Waals surface area contributed by atoms with Crippen LogP contribution in [0.4, 0.5) is 5.69 Å². The number of aromatic amines is 1. The van der Waals surface area contributed by atoms with E-state index in [4.69, 9.17) is 9.41 Å². The van der Waals surface area contributed by atoms with E-state index >= 15 is 0 Å². The van der Waals surface area contributed by atoms with Gasteiger partial charge in [0.25, 0.3) is 5.56 Å². The zero-order chi connectivity index (χ0) is 29.9. The summed E-state index contributed by atoms with van der Waals surface area (Å²) in [5.41, 5.74) is 2.36. The Hall–Kier alpha value is -2.92. The van der Waals surface area contributed by atoms with Crippen LogP contribution in [0.1, 0.15) is 64.4 Å². The Bertz CT molecular complexity index is 1670. The van der Waals surface area contributed by atoms with Crippen LogP contribution in [0.15, 0.2) is 58.1 Å². The summed E-state index contributed by atoms with van der Waals surface area (Å²) in [6, 6.07) is 15.1. The van der Waals surface area contributed by atoms with Crippen LogP contribution >= 0.6 is 0 Å². The number of rotatable bonds is 10. The van der Waals surface area contributed by atoms with Crippen molar-refractivity contribution in [2.75, 3.05) is 5.32 Å². The molecular formula is C31H42N5NaO4Si. The third kappa shape index (κ3) is 7.53. The maximum absolute atomic E-state index is 13.8. The van der Waals surface area contributed by atoms with Crippen LogP contribution in [0.5, 0.6) is 5.75 Å². The molecule has 0 aliphatic carbocycles. The van der Waals surface area contributed by atoms with Crippen molar-refractivity contribution in [2.24, 2.45) is 0 Å². The molecule has 0 unspecified atom stereocenters. The quantitative estimate of drug-likeness (QED) is 0.249. The Morgan fingerprint density at radius 2 is 1.71 bits per heavy atom. The van der Waals surface area contributed by atoms with E-state index in [1.54, 1.807) is 4.57 Å². The topological polar surface area (TPSA) is 111 Å². The molecule has 0 aliphatic heterocycles. The van der Waals surface area contributed by atoms with Crippen molar-refractivity contribution in [1.29, 1.82) is 0 Å². The number of carbonyl (C=O) groups is 1. The minimum atomic E-state index is -2.15. The molecule has 2 aromatic carbocycles. The van der Waals surface area contributed by atoms with Gasteiger partial charge in [-0.2, -0.15) is 0 Å². The van der Waals surface area contributed by atoms with Crippen LogP contribution < -0.4 is 21.0 Å². The first-order valence-electron chi connectivity index (χ1n) is 14.2. The zero-order valence-corrected chi connectivity index (χ0v) is 26.1. The maximum atomic E-state index is 13.8. The third-order valence-corrected chi connectivity index (χ3v) is 12.1. The van der Waals surface area contributed by atoms with Crippen LogP contribution in [0.3, 0.4) is 0 Å². The number of fused-ring (bicyclic) bond motifs is 1. The number of para-hydroxylation sites is 1. The van der Waals surface area contributed by atoms with Crippen molar-refractivity contribution in [3.63, 3.8) is 0 Å². The molecule has 4 aromatic rings. The monoisotopic (exact) mass is 599 g/mol. The van der Waals surface area contributed by atoms with E-state index in [2.05, 4.69) is 51.1 Å². The van der Waals surface area contributed by atoms with Gasteiger partial charge in [-0.25, -0.2) is 9.78 Å². The van der Waals surface area contributed by atoms with E-state index < -0.39 is 13.9 Å². The Morgan fingerprint density at radius 1 is 1.05 bits per heavy atom. The molecular weight excluding hydrogens is 557 g/mol. The second-order valence-electron chi connectivity index (χ2n) is 12.1. The number of H-pyrrole nitrogens is 1. The van der Waals surface area contributed by atoms with Crippen molar-refractivity contribution < 1.29 is 9.22 Å². The predicted octanol–water partition coefficient (Wildman–Crippen LogP) is 5.02. The normalized spacial score (nSPS) is 11.8. The van der Waals surface area contributed by atoms with Gasteiger partial charge in [-0.05, 0) is 48.3 Å². The van der Waals surface area contributed by atoms with E-state index in [1.165, 1.54) is 11.5 Å². The van der Waals surface area contributed by atoms with E-state index in [1.807, 2.05) is 48.5 Å². The van der Waals surface area contributed by atoms with Crippen LogP contribution in [0, 0.1) is 0 Å². The molecule has 0 bridgehead atoms. The number of benzene rings is 2. The van der Waals surface area contributed by atoms with Gasteiger partial charge in [0.1, 0.15) is 17.1 Å². The Labute approximate surface area is 270 Å². The van der Waals surface area contributed by atoms with Crippen LogP contribution in [-0.2, 0) is 24.3 Å². The predicted molar refractivity (Wildman–Crippen MR) is 174 cm³/mol. The van der Waals surface area contributed by atoms with Gasteiger partial charge in [-0.3, -0.25) is 18.7 Å². The SMILES string of the molecule is CCCCn1c(=O)n(Cc2ccccc2O[Si](C)(C)C(C)(C)C)c(=O)c2[nH]c(Cc3ccc(NC(C)=O)cc3)nc21.[NaH]. The summed E-state index contributed by atoms with van der Waals surface area (Å²) in [5, 5.41) is 2.76. The number of nitrogens with one attached hydrogen (secondary N) is 2. The number of hydrogen-bond acceptors (Lipinski definition) is 5. The Balaban J connectivity index is 0.00000484.